The maximum atomic E-state index is 12.8. The minimum atomic E-state index is -4.58. The number of aliphatic hydroxyl groups is 2. The van der Waals surface area contributed by atoms with E-state index in [4.69, 9.17) is 0 Å². The quantitative estimate of drug-likeness (QED) is 0.0731. The van der Waals surface area contributed by atoms with E-state index in [0.717, 1.165) is 25.7 Å². The summed E-state index contributed by atoms with van der Waals surface area (Å²) in [6.45, 7) is 4.36. The zero-order valence-corrected chi connectivity index (χ0v) is 23.9. The van der Waals surface area contributed by atoms with Gasteiger partial charge in [-0.25, -0.2) is 13.4 Å². The summed E-state index contributed by atoms with van der Waals surface area (Å²) in [5.41, 5.74) is 0. The summed E-state index contributed by atoms with van der Waals surface area (Å²) < 4.78 is 32.9. The molecule has 0 aromatic carbocycles. The van der Waals surface area contributed by atoms with E-state index >= 15 is 0 Å². The molecule has 1 aliphatic heterocycles. The number of carbonyl (C=O) groups excluding carboxylic acids is 1. The molecule has 0 fully saturated rings. The van der Waals surface area contributed by atoms with Crippen LogP contribution in [-0.4, -0.2) is 83.9 Å². The van der Waals surface area contributed by atoms with Crippen LogP contribution in [0.4, 0.5) is 0 Å². The molecule has 0 aliphatic carbocycles. The normalized spacial score (nSPS) is 18.9. The number of hydrogen-bond donors (Lipinski definition) is 2. The third-order valence-corrected chi connectivity index (χ3v) is 7.08. The minimum Gasteiger partial charge on any atom is -0.748 e. The van der Waals surface area contributed by atoms with Crippen molar-refractivity contribution >= 4 is 21.7 Å². The molecule has 0 bridgehead atoms. The first-order chi connectivity index (χ1) is 15.7. The summed E-state index contributed by atoms with van der Waals surface area (Å²) in [6.07, 6.45) is 15.0. The van der Waals surface area contributed by atoms with Crippen LogP contribution < -0.4 is 29.6 Å². The van der Waals surface area contributed by atoms with E-state index in [-0.39, 0.29) is 59.5 Å². The van der Waals surface area contributed by atoms with Crippen LogP contribution in [0.2, 0.25) is 0 Å². The van der Waals surface area contributed by atoms with Crippen molar-refractivity contribution in [3.8, 4) is 0 Å². The molecule has 2 unspecified atom stereocenters. The van der Waals surface area contributed by atoms with E-state index in [0.29, 0.717) is 25.3 Å². The van der Waals surface area contributed by atoms with Gasteiger partial charge in [0.15, 0.2) is 0 Å². The van der Waals surface area contributed by atoms with Crippen LogP contribution in [0.3, 0.4) is 0 Å². The Morgan fingerprint density at radius 3 is 2.09 bits per heavy atom. The largest absolute Gasteiger partial charge is 1.00 e. The van der Waals surface area contributed by atoms with Crippen molar-refractivity contribution in [3.63, 3.8) is 0 Å². The van der Waals surface area contributed by atoms with Gasteiger partial charge in [0, 0.05) is 6.42 Å². The molecule has 192 valence electrons. The standard InChI is InChI=1S/C24H44N2O6S.Na/c1-2-3-4-5-6-7-8-9-10-11-12-13-14-15-23(29)24-25-16-17-26(24,18-19-27)20-22(28)21-33(30,31)32;/h2,22,27-28H,1,3-21H2;/q;+1. The number of carbonyl (C=O) groups is 1. The van der Waals surface area contributed by atoms with Gasteiger partial charge in [0.25, 0.3) is 5.84 Å². The van der Waals surface area contributed by atoms with E-state index in [1.165, 1.54) is 51.4 Å². The summed E-state index contributed by atoms with van der Waals surface area (Å²) in [5.74, 6) is -0.732. The number of rotatable bonds is 21. The van der Waals surface area contributed by atoms with Crippen molar-refractivity contribution in [2.45, 2.75) is 89.6 Å². The van der Waals surface area contributed by atoms with E-state index in [9.17, 15) is 28.0 Å². The summed E-state index contributed by atoms with van der Waals surface area (Å²) in [7, 11) is -4.58. The van der Waals surface area contributed by atoms with Gasteiger partial charge in [-0.15, -0.1) is 6.58 Å². The first-order valence-corrected chi connectivity index (χ1v) is 14.1. The summed E-state index contributed by atoms with van der Waals surface area (Å²) >= 11 is 0. The molecule has 8 nitrogen and oxygen atoms in total. The van der Waals surface area contributed by atoms with Crippen molar-refractivity contribution < 1.29 is 62.0 Å². The topological polar surface area (TPSA) is 127 Å². The third kappa shape index (κ3) is 14.4. The number of unbranched alkanes of at least 4 members (excludes halogenated alkanes) is 11. The molecule has 0 saturated heterocycles. The number of aliphatic imine (C=N–C) groups is 1. The van der Waals surface area contributed by atoms with Gasteiger partial charge in [0.05, 0.1) is 29.0 Å². The zero-order chi connectivity index (χ0) is 24.6. The van der Waals surface area contributed by atoms with Crippen LogP contribution in [0.5, 0.6) is 0 Å². The Kier molecular flexibility index (Phi) is 19.0. The smallest absolute Gasteiger partial charge is 0.748 e. The molecular weight excluding hydrogens is 467 g/mol. The summed E-state index contributed by atoms with van der Waals surface area (Å²) in [4.78, 5) is 17.1. The number of ketones is 1. The maximum absolute atomic E-state index is 12.8. The van der Waals surface area contributed by atoms with Crippen LogP contribution in [-0.2, 0) is 14.9 Å². The number of hydrogen-bond acceptors (Lipinski definition) is 7. The number of aliphatic hydroxyl groups excluding tert-OH is 2. The maximum Gasteiger partial charge on any atom is 1.00 e. The Morgan fingerprint density at radius 1 is 1.06 bits per heavy atom. The number of allylic oxidation sites excluding steroid dienone is 1. The van der Waals surface area contributed by atoms with Crippen molar-refractivity contribution in [1.82, 2.24) is 0 Å². The van der Waals surface area contributed by atoms with E-state index in [1.807, 2.05) is 6.08 Å². The molecule has 1 heterocycles. The summed E-state index contributed by atoms with van der Waals surface area (Å²) in [5, 5.41) is 19.6. The predicted molar refractivity (Wildman–Crippen MR) is 130 cm³/mol. The van der Waals surface area contributed by atoms with E-state index in [1.54, 1.807) is 0 Å². The minimum absolute atomic E-state index is 0. The fraction of sp³-hybridized carbons (Fsp3) is 0.833. The van der Waals surface area contributed by atoms with Gasteiger partial charge in [0.1, 0.15) is 25.7 Å². The Morgan fingerprint density at radius 2 is 1.59 bits per heavy atom. The second kappa shape index (κ2) is 19.0. The fourth-order valence-corrected chi connectivity index (χ4v) is 5.18. The van der Waals surface area contributed by atoms with Gasteiger partial charge in [-0.1, -0.05) is 63.9 Å². The van der Waals surface area contributed by atoms with Crippen molar-refractivity contribution in [2.24, 2.45) is 4.99 Å². The number of quaternary nitrogens is 1. The van der Waals surface area contributed by atoms with Crippen LogP contribution in [0, 0.1) is 0 Å². The number of amidine groups is 1. The van der Waals surface area contributed by atoms with Crippen LogP contribution in [0.25, 0.3) is 0 Å². The molecule has 34 heavy (non-hydrogen) atoms. The number of Topliss-reactive ketones (excluding diaryl/α,β-unsaturated/α-hetero) is 1. The zero-order valence-electron chi connectivity index (χ0n) is 21.1. The molecule has 10 heteroatoms. The second-order valence-electron chi connectivity index (χ2n) is 9.22. The molecule has 1 rings (SSSR count). The molecule has 0 aromatic heterocycles. The molecule has 0 radical (unpaired) electrons. The van der Waals surface area contributed by atoms with Crippen LogP contribution in [0.15, 0.2) is 17.6 Å². The van der Waals surface area contributed by atoms with Gasteiger partial charge >= 0.3 is 29.6 Å². The second-order valence-corrected chi connectivity index (χ2v) is 10.7. The Bertz CT molecular complexity index is 716. The summed E-state index contributed by atoms with van der Waals surface area (Å²) in [6, 6.07) is 0. The first-order valence-electron chi connectivity index (χ1n) is 12.5. The van der Waals surface area contributed by atoms with Gasteiger partial charge in [-0.3, -0.25) is 9.28 Å². The Labute approximate surface area is 228 Å². The van der Waals surface area contributed by atoms with Crippen LogP contribution >= 0.6 is 0 Å². The third-order valence-electron chi connectivity index (χ3n) is 6.29. The van der Waals surface area contributed by atoms with Crippen molar-refractivity contribution in [1.29, 1.82) is 0 Å². The van der Waals surface area contributed by atoms with Gasteiger partial charge < -0.3 is 14.8 Å². The fourth-order valence-electron chi connectivity index (χ4n) is 4.60. The molecule has 0 amide bonds. The van der Waals surface area contributed by atoms with Crippen molar-refractivity contribution in [2.75, 3.05) is 38.5 Å². The molecule has 0 saturated carbocycles. The molecule has 0 spiro atoms. The van der Waals surface area contributed by atoms with Gasteiger partial charge in [0.2, 0.25) is 5.78 Å². The molecule has 0 aromatic rings. The predicted octanol–water partition coefficient (Wildman–Crippen LogP) is -0.0559. The van der Waals surface area contributed by atoms with Crippen LogP contribution in [0.1, 0.15) is 83.5 Å². The Balaban J connectivity index is 0.0000109. The van der Waals surface area contributed by atoms with Gasteiger partial charge in [-0.2, -0.15) is 0 Å². The van der Waals surface area contributed by atoms with Crippen molar-refractivity contribution in [3.05, 3.63) is 12.7 Å². The molecule has 2 atom stereocenters. The average molecular weight is 512 g/mol. The SMILES string of the molecule is C=CCCCCCCCCCCCCCC(=O)C1=NCC[N+]1(CCO)CC(O)CS(=O)(=O)[O-].[Na+]. The monoisotopic (exact) mass is 511 g/mol. The number of nitrogens with zero attached hydrogens (tertiary/aromatic N) is 2. The first kappa shape index (κ1) is 33.9. The molecule has 1 aliphatic rings. The van der Waals surface area contributed by atoms with E-state index < -0.39 is 22.0 Å². The van der Waals surface area contributed by atoms with E-state index in [2.05, 4.69) is 11.6 Å². The van der Waals surface area contributed by atoms with Gasteiger partial charge in [-0.05, 0) is 19.3 Å². The average Bonchev–Trinajstić information content (AvgIpc) is 3.13. The Hall–Kier alpha value is -0.130. The molecule has 2 N–H and O–H groups in total. The molecular formula is C24H44N2NaO6S+.